The maximum Gasteiger partial charge on any atom is 0.472 e. The lowest BCUT2D eigenvalue weighted by molar-refractivity contribution is -0.161. The fourth-order valence-corrected chi connectivity index (χ4v) is 13.8. The number of aliphatic hydroxyl groups is 2. The summed E-state index contributed by atoms with van der Waals surface area (Å²) in [4.78, 5) is 59.0. The Morgan fingerprint density at radius 3 is 0.669 bits per heavy atom. The van der Waals surface area contributed by atoms with Gasteiger partial charge in [-0.3, -0.25) is 32.5 Å². The average Bonchev–Trinajstić information content (AvgIpc) is 0.879. The van der Waals surface area contributed by atoms with Crippen molar-refractivity contribution >= 4 is 33.6 Å². The molecule has 0 spiro atoms. The summed E-state index contributed by atoms with van der Waals surface area (Å²) >= 11 is 0. The number of ether oxygens (including phenoxy) is 3. The van der Waals surface area contributed by atoms with Gasteiger partial charge in [0.1, 0.15) is 25.4 Å². The van der Waals surface area contributed by atoms with E-state index < -0.39 is 91.5 Å². The van der Waals surface area contributed by atoms with Crippen LogP contribution in [0, 0.1) is 0 Å². The van der Waals surface area contributed by atoms with Crippen LogP contribution in [0.25, 0.3) is 0 Å². The number of rotatable bonds is 87. The summed E-state index contributed by atoms with van der Waals surface area (Å²) in [6, 6.07) is 0. The van der Waals surface area contributed by atoms with E-state index >= 15 is 0 Å². The first-order valence-corrected chi connectivity index (χ1v) is 50.0. The van der Waals surface area contributed by atoms with Gasteiger partial charge in [-0.05, 0) is 173 Å². The molecule has 0 saturated heterocycles. The molecule has 16 nitrogen and oxygen atoms in total. The van der Waals surface area contributed by atoms with Crippen LogP contribution < -0.4 is 0 Å². The van der Waals surface area contributed by atoms with Crippen molar-refractivity contribution in [3.8, 4) is 0 Å². The minimum Gasteiger partial charge on any atom is -0.463 e. The molecule has 0 heterocycles. The zero-order chi connectivity index (χ0) is 87.9. The Hall–Kier alpha value is -6.13. The first-order chi connectivity index (χ1) is 59.2. The molecule has 0 aromatic heterocycles. The van der Waals surface area contributed by atoms with Crippen molar-refractivity contribution in [2.24, 2.45) is 0 Å². The third kappa shape index (κ3) is 94.4. The van der Waals surface area contributed by atoms with Crippen LogP contribution in [0.4, 0.5) is 0 Å². The molecule has 4 N–H and O–H groups in total. The van der Waals surface area contributed by atoms with Crippen LogP contribution >= 0.6 is 15.6 Å². The minimum absolute atomic E-state index is 0.0410. The quantitative estimate of drug-likeness (QED) is 0.0146. The summed E-state index contributed by atoms with van der Waals surface area (Å²) < 4.78 is 61.4. The van der Waals surface area contributed by atoms with Gasteiger partial charge in [0, 0.05) is 19.3 Å². The molecule has 5 atom stereocenters. The molecule has 121 heavy (non-hydrogen) atoms. The second kappa shape index (κ2) is 93.0. The molecule has 0 aliphatic heterocycles. The second-order valence-electron chi connectivity index (χ2n) is 30.7. The molecule has 0 rings (SSSR count). The molecule has 0 radical (unpaired) electrons. The lowest BCUT2D eigenvalue weighted by atomic mass is 10.0. The number of esters is 3. The first-order valence-electron chi connectivity index (χ1n) is 47.0. The molecular weight excluding hydrogens is 1560 g/mol. The van der Waals surface area contributed by atoms with Crippen molar-refractivity contribution in [1.29, 1.82) is 0 Å². The second-order valence-corrected chi connectivity index (χ2v) is 33.6. The number of allylic oxidation sites excluding steroid dienone is 36. The zero-order valence-corrected chi connectivity index (χ0v) is 77.4. The lowest BCUT2D eigenvalue weighted by Gasteiger charge is -2.21. The highest BCUT2D eigenvalue weighted by Gasteiger charge is 2.29. The highest BCUT2D eigenvalue weighted by Crippen LogP contribution is 2.45. The van der Waals surface area contributed by atoms with Crippen molar-refractivity contribution in [2.75, 3.05) is 39.6 Å². The van der Waals surface area contributed by atoms with E-state index in [9.17, 15) is 43.5 Å². The molecule has 18 heteroatoms. The summed E-state index contributed by atoms with van der Waals surface area (Å²) in [7, 11) is -9.84. The molecule has 686 valence electrons. The Bertz CT molecular complexity index is 3080. The van der Waals surface area contributed by atoms with Gasteiger partial charge in [-0.25, -0.2) is 9.13 Å². The molecule has 0 aromatic carbocycles. The van der Waals surface area contributed by atoms with Gasteiger partial charge in [0.25, 0.3) is 0 Å². The largest absolute Gasteiger partial charge is 0.472 e. The Morgan fingerprint density at radius 1 is 0.231 bits per heavy atom. The van der Waals surface area contributed by atoms with Crippen LogP contribution in [0.15, 0.2) is 219 Å². The number of hydrogen-bond acceptors (Lipinski definition) is 14. The first kappa shape index (κ1) is 115. The molecule has 0 aliphatic rings. The van der Waals surface area contributed by atoms with Crippen LogP contribution in [-0.2, 0) is 55.8 Å². The van der Waals surface area contributed by atoms with E-state index in [2.05, 4.69) is 240 Å². The third-order valence-corrected chi connectivity index (χ3v) is 21.1. The van der Waals surface area contributed by atoms with E-state index in [-0.39, 0.29) is 19.3 Å². The summed E-state index contributed by atoms with van der Waals surface area (Å²) in [5.74, 6) is -1.64. The molecule has 0 bridgehead atoms. The van der Waals surface area contributed by atoms with E-state index in [1.54, 1.807) is 0 Å². The Kier molecular flexibility index (Phi) is 88.3. The number of carbonyl (C=O) groups excluding carboxylic acids is 3. The van der Waals surface area contributed by atoms with Crippen molar-refractivity contribution in [3.05, 3.63) is 219 Å². The Morgan fingerprint density at radius 2 is 0.413 bits per heavy atom. The van der Waals surface area contributed by atoms with Gasteiger partial charge in [0.05, 0.1) is 26.4 Å². The highest BCUT2D eigenvalue weighted by molar-refractivity contribution is 7.47. The highest BCUT2D eigenvalue weighted by atomic mass is 31.2. The van der Waals surface area contributed by atoms with E-state index in [1.165, 1.54) is 116 Å². The topological polar surface area (TPSA) is 231 Å². The fraction of sp³-hybridized carbons (Fsp3) is 0.621. The van der Waals surface area contributed by atoms with E-state index in [0.717, 1.165) is 173 Å². The van der Waals surface area contributed by atoms with Crippen molar-refractivity contribution < 1.29 is 75.8 Å². The van der Waals surface area contributed by atoms with Gasteiger partial charge in [-0.2, -0.15) is 0 Å². The van der Waals surface area contributed by atoms with Gasteiger partial charge in [-0.15, -0.1) is 0 Å². The van der Waals surface area contributed by atoms with Crippen molar-refractivity contribution in [2.45, 2.75) is 373 Å². The van der Waals surface area contributed by atoms with Gasteiger partial charge in [0.15, 0.2) is 6.10 Å². The van der Waals surface area contributed by atoms with Crippen LogP contribution in [0.5, 0.6) is 0 Å². The normalized spacial score (nSPS) is 14.7. The van der Waals surface area contributed by atoms with Crippen LogP contribution in [-0.4, -0.2) is 95.9 Å². The Labute approximate surface area is 736 Å². The predicted molar refractivity (Wildman–Crippen MR) is 509 cm³/mol. The van der Waals surface area contributed by atoms with Gasteiger partial charge < -0.3 is 34.2 Å². The number of phosphoric acid groups is 2. The monoisotopic (exact) mass is 1720 g/mol. The molecule has 5 unspecified atom stereocenters. The number of phosphoric ester groups is 2. The van der Waals surface area contributed by atoms with Gasteiger partial charge >= 0.3 is 33.6 Å². The number of carbonyl (C=O) groups is 3. The summed E-state index contributed by atoms with van der Waals surface area (Å²) in [5.41, 5.74) is 0. The third-order valence-electron chi connectivity index (χ3n) is 19.2. The molecule has 0 saturated carbocycles. The van der Waals surface area contributed by atoms with E-state index in [4.69, 9.17) is 32.3 Å². The minimum atomic E-state index is -4.96. The van der Waals surface area contributed by atoms with Crippen LogP contribution in [0.2, 0.25) is 0 Å². The molecule has 0 aliphatic carbocycles. The predicted octanol–water partition coefficient (Wildman–Crippen LogP) is 29.3. The van der Waals surface area contributed by atoms with E-state index in [0.29, 0.717) is 25.7 Å². The smallest absolute Gasteiger partial charge is 0.463 e. The maximum atomic E-state index is 13.1. The van der Waals surface area contributed by atoms with Crippen LogP contribution in [0.1, 0.15) is 355 Å². The summed E-state index contributed by atoms with van der Waals surface area (Å²) in [5, 5.41) is 20.7. The summed E-state index contributed by atoms with van der Waals surface area (Å²) in [6.07, 6.45) is 127. The standard InChI is InChI=1S/C103H168O16P2/c1-4-7-10-13-16-19-22-25-28-31-34-37-39-41-43-45-46-47-48-49-50-52-54-55-57-60-62-65-68-71-74-77-80-83-86-89-101(106)113-92-98(104)93-115-120(109,110)116-94-99(105)95-117-121(111,112)118-97-100(119-103(108)91-88-85-82-79-76-73-70-67-64-59-36-33-30-27-24-21-18-15-12-9-6-3)96-114-102(107)90-87-84-81-78-75-72-69-66-63-61-58-56-53-51-44-42-40-38-35-32-29-26-23-20-17-14-11-8-5-2/h7-12,16-21,25-30,34-38,41-44,46-47,53,56,59,67,70,76,79,98-100,104-105H,4-6,13-15,22-24,31-33,39-40,45,48-52,54-55,57-58,60-66,68-69,71-75,77-78,80-97H2,1-3H3,(H,109,110)(H,111,112)/b10-7-,11-8-,12-9-,19-16-,20-17-,21-18-,28-25-,29-26-,30-27-,37-34-,38-35-,43-41-,44-42-,47-46-,56-53-,59-36-,70-67-,79-76-. The number of aliphatic hydroxyl groups excluding tert-OH is 2. The molecule has 0 amide bonds. The van der Waals surface area contributed by atoms with Gasteiger partial charge in [0.2, 0.25) is 0 Å². The molecule has 0 fully saturated rings. The molecule has 0 aromatic rings. The lowest BCUT2D eigenvalue weighted by Crippen LogP contribution is -2.30. The number of hydrogen-bond donors (Lipinski definition) is 4. The fourth-order valence-electron chi connectivity index (χ4n) is 12.2. The Balaban J connectivity index is 4.60. The SMILES string of the molecule is CC/C=C\C/C=C\C/C=C\C/C=C\C/C=C\C/C=C\CCCCCCCCCCCCCCCCCCC(=O)OCC(O)COP(=O)(O)OCC(O)COP(=O)(O)OCC(COC(=O)CCCCCCCCCCCC/C=C\C/C=C\C/C=C\C/C=C\C/C=C\C/C=C\CC)OC(=O)CCCC/C=C\C/C=C\C/C=C\C/C=C\C/C=C\C/C=C\CC. The maximum absolute atomic E-state index is 13.1. The molecular formula is C103H168O16P2. The van der Waals surface area contributed by atoms with Gasteiger partial charge in [-0.1, -0.05) is 381 Å². The number of unbranched alkanes of at least 4 members (excludes halogenated alkanes) is 28. The van der Waals surface area contributed by atoms with E-state index in [1.807, 2.05) is 0 Å². The van der Waals surface area contributed by atoms with Crippen LogP contribution in [0.3, 0.4) is 0 Å². The van der Waals surface area contributed by atoms with Crippen molar-refractivity contribution in [1.82, 2.24) is 0 Å². The summed E-state index contributed by atoms with van der Waals surface area (Å²) in [6.45, 7) is 2.30. The van der Waals surface area contributed by atoms with Crippen molar-refractivity contribution in [3.63, 3.8) is 0 Å². The average molecular weight is 1720 g/mol. The zero-order valence-electron chi connectivity index (χ0n) is 75.6.